The monoisotopic (exact) mass is 318 g/mol. The molecule has 1 aliphatic heterocycles. The van der Waals surface area contributed by atoms with Crippen LogP contribution in [0.4, 0.5) is 0 Å². The van der Waals surface area contributed by atoms with Crippen molar-refractivity contribution in [3.05, 3.63) is 33.1 Å². The first-order chi connectivity index (χ1) is 10.5. The van der Waals surface area contributed by atoms with Gasteiger partial charge in [0.2, 0.25) is 0 Å². The van der Waals surface area contributed by atoms with Crippen LogP contribution in [-0.2, 0) is 6.54 Å². The molecular formula is C17H22N2O2S. The molecule has 0 N–H and O–H groups in total. The maximum absolute atomic E-state index is 13.0. The highest BCUT2D eigenvalue weighted by Crippen LogP contribution is 2.30. The molecule has 1 amide bonds. The molecule has 1 atom stereocenters. The Morgan fingerprint density at radius 2 is 2.23 bits per heavy atom. The summed E-state index contributed by atoms with van der Waals surface area (Å²) in [6.07, 6.45) is 4.04. The number of carbonyl (C=O) groups excluding carboxylic acids is 1. The lowest BCUT2D eigenvalue weighted by molar-refractivity contribution is 0.0685. The van der Waals surface area contributed by atoms with Crippen LogP contribution in [0, 0.1) is 12.8 Å². The normalized spacial score (nSPS) is 18.9. The molecule has 2 aromatic heterocycles. The highest BCUT2D eigenvalue weighted by molar-refractivity contribution is 7.19. The van der Waals surface area contributed by atoms with Crippen molar-refractivity contribution in [2.24, 2.45) is 5.92 Å². The van der Waals surface area contributed by atoms with Crippen molar-refractivity contribution in [1.29, 1.82) is 0 Å². The molecule has 3 heterocycles. The Hall–Kier alpha value is -1.62. The fraction of sp³-hybridized carbons (Fsp3) is 0.529. The fourth-order valence-corrected chi connectivity index (χ4v) is 4.35. The van der Waals surface area contributed by atoms with E-state index in [2.05, 4.69) is 6.92 Å². The smallest absolute Gasteiger partial charge is 0.260 e. The van der Waals surface area contributed by atoms with E-state index in [0.717, 1.165) is 29.1 Å². The third kappa shape index (κ3) is 2.47. The third-order valence-corrected chi connectivity index (χ3v) is 5.56. The topological polar surface area (TPSA) is 42.3 Å². The lowest BCUT2D eigenvalue weighted by Crippen LogP contribution is -2.39. The number of likely N-dealkylation sites (tertiary alicyclic amines) is 1. The second-order valence-electron chi connectivity index (χ2n) is 6.18. The molecule has 0 bridgehead atoms. The summed E-state index contributed by atoms with van der Waals surface area (Å²) in [4.78, 5) is 28.5. The number of hydrogen-bond acceptors (Lipinski definition) is 3. The van der Waals surface area contributed by atoms with E-state index in [4.69, 9.17) is 0 Å². The first-order valence-corrected chi connectivity index (χ1v) is 8.76. The van der Waals surface area contributed by atoms with Crippen LogP contribution in [0.2, 0.25) is 0 Å². The molecule has 0 unspecified atom stereocenters. The molecule has 0 saturated carbocycles. The van der Waals surface area contributed by atoms with Gasteiger partial charge in [-0.1, -0.05) is 6.92 Å². The standard InChI is InChI=1S/C17H22N2O2S/c1-4-18-9-7-13-15(17(18)21)14(12(3)22-13)16(20)19-8-5-6-11(2)10-19/h7,9,11H,4-6,8,10H2,1-3H3/t11-/m1/s1. The number of hydrogen-bond donors (Lipinski definition) is 0. The fourth-order valence-electron chi connectivity index (χ4n) is 3.30. The van der Waals surface area contributed by atoms with Crippen molar-refractivity contribution in [2.45, 2.75) is 40.2 Å². The zero-order valence-electron chi connectivity index (χ0n) is 13.4. The van der Waals surface area contributed by atoms with Crippen LogP contribution in [0.25, 0.3) is 10.1 Å². The molecule has 0 aromatic carbocycles. The van der Waals surface area contributed by atoms with Crippen LogP contribution < -0.4 is 5.56 Å². The SMILES string of the molecule is CCn1ccc2sc(C)c(C(=O)N3CCC[C@@H](C)C3)c2c1=O. The van der Waals surface area contributed by atoms with Gasteiger partial charge in [-0.15, -0.1) is 11.3 Å². The average molecular weight is 318 g/mol. The van der Waals surface area contributed by atoms with E-state index >= 15 is 0 Å². The van der Waals surface area contributed by atoms with E-state index in [-0.39, 0.29) is 11.5 Å². The maximum Gasteiger partial charge on any atom is 0.260 e. The van der Waals surface area contributed by atoms with Gasteiger partial charge in [0.05, 0.1) is 10.9 Å². The highest BCUT2D eigenvalue weighted by Gasteiger charge is 2.27. The molecule has 3 rings (SSSR count). The highest BCUT2D eigenvalue weighted by atomic mass is 32.1. The number of fused-ring (bicyclic) bond motifs is 1. The molecule has 0 spiro atoms. The van der Waals surface area contributed by atoms with Gasteiger partial charge in [-0.05, 0) is 38.7 Å². The lowest BCUT2D eigenvalue weighted by atomic mass is 9.99. The largest absolute Gasteiger partial charge is 0.338 e. The Kier molecular flexibility index (Phi) is 4.08. The van der Waals surface area contributed by atoms with Gasteiger partial charge in [-0.25, -0.2) is 0 Å². The van der Waals surface area contributed by atoms with Crippen molar-refractivity contribution in [2.75, 3.05) is 13.1 Å². The summed E-state index contributed by atoms with van der Waals surface area (Å²) in [5, 5.41) is 0.607. The van der Waals surface area contributed by atoms with E-state index in [0.29, 0.717) is 23.4 Å². The summed E-state index contributed by atoms with van der Waals surface area (Å²) in [6.45, 7) is 8.29. The summed E-state index contributed by atoms with van der Waals surface area (Å²) in [7, 11) is 0. The van der Waals surface area contributed by atoms with Crippen LogP contribution in [0.1, 0.15) is 41.9 Å². The van der Waals surface area contributed by atoms with Gasteiger partial charge in [-0.2, -0.15) is 0 Å². The Morgan fingerprint density at radius 1 is 1.45 bits per heavy atom. The Balaban J connectivity index is 2.11. The number of thiophene rings is 1. The average Bonchev–Trinajstić information content (AvgIpc) is 2.84. The molecule has 1 fully saturated rings. The molecule has 1 saturated heterocycles. The van der Waals surface area contributed by atoms with E-state index in [9.17, 15) is 9.59 Å². The maximum atomic E-state index is 13.0. The van der Waals surface area contributed by atoms with Crippen LogP contribution in [0.5, 0.6) is 0 Å². The number of rotatable bonds is 2. The second-order valence-corrected chi connectivity index (χ2v) is 7.43. The third-order valence-electron chi connectivity index (χ3n) is 4.49. The van der Waals surface area contributed by atoms with Gasteiger partial charge in [0.25, 0.3) is 11.5 Å². The summed E-state index contributed by atoms with van der Waals surface area (Å²) in [5.74, 6) is 0.566. The first-order valence-electron chi connectivity index (χ1n) is 7.94. The minimum atomic E-state index is -0.0437. The zero-order valence-corrected chi connectivity index (χ0v) is 14.2. The number of aryl methyl sites for hydroxylation is 2. The first kappa shape index (κ1) is 15.3. The van der Waals surface area contributed by atoms with Crippen molar-refractivity contribution < 1.29 is 4.79 Å². The number of amides is 1. The summed E-state index contributed by atoms with van der Waals surface area (Å²) in [5.41, 5.74) is 0.583. The van der Waals surface area contributed by atoms with Crippen LogP contribution >= 0.6 is 11.3 Å². The Labute approximate surface area is 134 Å². The van der Waals surface area contributed by atoms with Gasteiger partial charge < -0.3 is 9.47 Å². The second kappa shape index (κ2) is 5.88. The van der Waals surface area contributed by atoms with E-state index < -0.39 is 0 Å². The van der Waals surface area contributed by atoms with Crippen molar-refractivity contribution in [3.8, 4) is 0 Å². The number of aromatic nitrogens is 1. The number of pyridine rings is 1. The molecule has 2 aromatic rings. The van der Waals surface area contributed by atoms with Crippen LogP contribution in [0.15, 0.2) is 17.1 Å². The lowest BCUT2D eigenvalue weighted by Gasteiger charge is -2.31. The van der Waals surface area contributed by atoms with Gasteiger partial charge in [-0.3, -0.25) is 9.59 Å². The van der Waals surface area contributed by atoms with Gasteiger partial charge in [0, 0.05) is 35.4 Å². The van der Waals surface area contributed by atoms with E-state index in [1.165, 1.54) is 6.42 Å². The van der Waals surface area contributed by atoms with Crippen molar-refractivity contribution in [1.82, 2.24) is 9.47 Å². The molecule has 0 aliphatic carbocycles. The van der Waals surface area contributed by atoms with E-state index in [1.54, 1.807) is 15.9 Å². The predicted molar refractivity (Wildman–Crippen MR) is 90.8 cm³/mol. The van der Waals surface area contributed by atoms with Crippen molar-refractivity contribution in [3.63, 3.8) is 0 Å². The van der Waals surface area contributed by atoms with Crippen molar-refractivity contribution >= 4 is 27.3 Å². The molecule has 1 aliphatic rings. The van der Waals surface area contributed by atoms with Crippen LogP contribution in [-0.4, -0.2) is 28.5 Å². The predicted octanol–water partition coefficient (Wildman–Crippen LogP) is 3.26. The number of piperidine rings is 1. The quantitative estimate of drug-likeness (QED) is 0.853. The molecule has 4 nitrogen and oxygen atoms in total. The van der Waals surface area contributed by atoms with Crippen LogP contribution in [0.3, 0.4) is 0 Å². The Morgan fingerprint density at radius 3 is 2.91 bits per heavy atom. The van der Waals surface area contributed by atoms with Gasteiger partial charge >= 0.3 is 0 Å². The summed E-state index contributed by atoms with van der Waals surface area (Å²) < 4.78 is 2.59. The minimum absolute atomic E-state index is 0.0289. The molecule has 118 valence electrons. The molecular weight excluding hydrogens is 296 g/mol. The van der Waals surface area contributed by atoms with Gasteiger partial charge in [0.1, 0.15) is 0 Å². The molecule has 5 heteroatoms. The summed E-state index contributed by atoms with van der Waals surface area (Å²) >= 11 is 1.54. The zero-order chi connectivity index (χ0) is 15.9. The number of carbonyl (C=O) groups is 1. The molecule has 22 heavy (non-hydrogen) atoms. The van der Waals surface area contributed by atoms with Gasteiger partial charge in [0.15, 0.2) is 0 Å². The minimum Gasteiger partial charge on any atom is -0.338 e. The molecule has 0 radical (unpaired) electrons. The Bertz CT molecular complexity index is 775. The summed E-state index contributed by atoms with van der Waals surface area (Å²) in [6, 6.07) is 1.95. The van der Waals surface area contributed by atoms with E-state index in [1.807, 2.05) is 31.0 Å². The number of nitrogens with zero attached hydrogens (tertiary/aromatic N) is 2.